The summed E-state index contributed by atoms with van der Waals surface area (Å²) >= 11 is 6.09. The van der Waals surface area contributed by atoms with Gasteiger partial charge in [-0.15, -0.1) is 0 Å². The molecular formula is C12H10Br2N4O3. The summed E-state index contributed by atoms with van der Waals surface area (Å²) < 4.78 is 0.288. The number of hydrogen-bond donors (Lipinski definition) is 3. The molecule has 110 valence electrons. The highest BCUT2D eigenvalue weighted by Crippen LogP contribution is 2.31. The highest BCUT2D eigenvalue weighted by molar-refractivity contribution is 9.12. The Morgan fingerprint density at radius 3 is 2.76 bits per heavy atom. The average molecular weight is 418 g/mol. The highest BCUT2D eigenvalue weighted by atomic mass is 79.9. The van der Waals surface area contributed by atoms with Gasteiger partial charge in [0.1, 0.15) is 10.2 Å². The second kappa shape index (κ2) is 5.96. The van der Waals surface area contributed by atoms with Gasteiger partial charge in [-0.25, -0.2) is 10.9 Å². The molecule has 0 fully saturated rings. The molecule has 0 saturated carbocycles. The van der Waals surface area contributed by atoms with Gasteiger partial charge >= 0.3 is 0 Å². The molecule has 0 radical (unpaired) electrons. The molecule has 0 spiro atoms. The average Bonchev–Trinajstić information content (AvgIpc) is 2.88. The number of rotatable bonds is 2. The van der Waals surface area contributed by atoms with Gasteiger partial charge in [0.05, 0.1) is 4.48 Å². The Morgan fingerprint density at radius 2 is 2.19 bits per heavy atom. The maximum atomic E-state index is 12.0. The standard InChI is InChI=1S/C12H10Br2N4O3/c1-5-2-8(17-16-5)12(21)18(15)4-6-3-7(13)11(20)9(14)10(6)19/h2-4,20H,15H2,1H3,(H,16,17). The molecule has 1 aliphatic rings. The lowest BCUT2D eigenvalue weighted by Crippen LogP contribution is -2.33. The van der Waals surface area contributed by atoms with Gasteiger partial charge in [0.2, 0.25) is 5.78 Å². The molecule has 1 aromatic rings. The lowest BCUT2D eigenvalue weighted by Gasteiger charge is -2.15. The van der Waals surface area contributed by atoms with E-state index >= 15 is 0 Å². The molecule has 0 atom stereocenters. The minimum atomic E-state index is -0.570. The van der Waals surface area contributed by atoms with Crippen LogP contribution in [0, 0.1) is 6.92 Å². The van der Waals surface area contributed by atoms with E-state index in [1.54, 1.807) is 6.92 Å². The molecule has 4 N–H and O–H groups in total. The van der Waals surface area contributed by atoms with Gasteiger partial charge in [-0.2, -0.15) is 5.10 Å². The molecule has 1 aliphatic carbocycles. The minimum absolute atomic E-state index is 0.0143. The van der Waals surface area contributed by atoms with Crippen LogP contribution in [0.25, 0.3) is 0 Å². The van der Waals surface area contributed by atoms with Crippen molar-refractivity contribution in [3.63, 3.8) is 0 Å². The van der Waals surface area contributed by atoms with E-state index in [4.69, 9.17) is 5.84 Å². The van der Waals surface area contributed by atoms with E-state index in [1.165, 1.54) is 18.3 Å². The second-order valence-corrected chi connectivity index (χ2v) is 5.86. The molecule has 9 heteroatoms. The normalized spacial score (nSPS) is 17.2. The van der Waals surface area contributed by atoms with Crippen molar-refractivity contribution in [1.82, 2.24) is 15.2 Å². The van der Waals surface area contributed by atoms with Crippen molar-refractivity contribution in [3.05, 3.63) is 50.0 Å². The zero-order chi connectivity index (χ0) is 15.7. The summed E-state index contributed by atoms with van der Waals surface area (Å²) in [7, 11) is 0. The summed E-state index contributed by atoms with van der Waals surface area (Å²) in [5, 5.41) is 16.8. The summed E-state index contributed by atoms with van der Waals surface area (Å²) in [6, 6.07) is 1.54. The second-order valence-electron chi connectivity index (χ2n) is 4.22. The predicted molar refractivity (Wildman–Crippen MR) is 82.4 cm³/mol. The third-order valence-electron chi connectivity index (χ3n) is 2.62. The quantitative estimate of drug-likeness (QED) is 0.294. The number of aliphatic hydroxyl groups is 1. The number of halogens is 2. The topological polar surface area (TPSA) is 112 Å². The number of carbonyl (C=O) groups is 2. The Hall–Kier alpha value is -1.71. The van der Waals surface area contributed by atoms with Crippen molar-refractivity contribution in [3.8, 4) is 0 Å². The Kier molecular flexibility index (Phi) is 4.45. The van der Waals surface area contributed by atoms with E-state index in [0.29, 0.717) is 10.2 Å². The fourth-order valence-electron chi connectivity index (χ4n) is 1.57. The van der Waals surface area contributed by atoms with E-state index in [1.807, 2.05) is 0 Å². The van der Waals surface area contributed by atoms with Crippen molar-refractivity contribution >= 4 is 43.6 Å². The predicted octanol–water partition coefficient (Wildman–Crippen LogP) is 1.94. The molecule has 1 aromatic heterocycles. The van der Waals surface area contributed by atoms with Gasteiger partial charge in [-0.05, 0) is 50.9 Å². The van der Waals surface area contributed by atoms with Crippen LogP contribution in [0.15, 0.2) is 38.6 Å². The molecule has 21 heavy (non-hydrogen) atoms. The number of aliphatic hydroxyl groups excluding tert-OH is 1. The summed E-state index contributed by atoms with van der Waals surface area (Å²) in [5.41, 5.74) is 0.983. The Labute approximate surface area is 136 Å². The lowest BCUT2D eigenvalue weighted by atomic mass is 10.1. The summed E-state index contributed by atoms with van der Waals surface area (Å²) in [6.07, 6.45) is 2.54. The van der Waals surface area contributed by atoms with Crippen LogP contribution in [-0.2, 0) is 4.79 Å². The van der Waals surface area contributed by atoms with Gasteiger partial charge < -0.3 is 5.11 Å². The van der Waals surface area contributed by atoms with Crippen molar-refractivity contribution < 1.29 is 14.7 Å². The Balaban J connectivity index is 2.28. The summed E-state index contributed by atoms with van der Waals surface area (Å²) in [6.45, 7) is 1.75. The van der Waals surface area contributed by atoms with E-state index in [2.05, 4.69) is 42.1 Å². The number of nitrogens with two attached hydrogens (primary N) is 1. The molecule has 1 amide bonds. The van der Waals surface area contributed by atoms with Crippen LogP contribution in [0.3, 0.4) is 0 Å². The first-order chi connectivity index (χ1) is 9.81. The number of nitrogens with zero attached hydrogens (tertiary/aromatic N) is 2. The monoisotopic (exact) mass is 416 g/mol. The number of Topliss-reactive ketones (excluding diaryl/α,β-unsaturated/α-hetero) is 1. The van der Waals surface area contributed by atoms with E-state index < -0.39 is 11.7 Å². The van der Waals surface area contributed by atoms with Crippen LogP contribution >= 0.6 is 31.9 Å². The Morgan fingerprint density at radius 1 is 1.52 bits per heavy atom. The lowest BCUT2D eigenvalue weighted by molar-refractivity contribution is -0.111. The fraction of sp³-hybridized carbons (Fsp3) is 0.0833. The van der Waals surface area contributed by atoms with Crippen LogP contribution in [0.2, 0.25) is 0 Å². The van der Waals surface area contributed by atoms with Crippen LogP contribution in [0.4, 0.5) is 0 Å². The molecule has 7 nitrogen and oxygen atoms in total. The first-order valence-electron chi connectivity index (χ1n) is 5.64. The number of H-pyrrole nitrogens is 1. The molecule has 0 aliphatic heterocycles. The minimum Gasteiger partial charge on any atom is -0.505 e. The number of allylic oxidation sites excluding steroid dienone is 4. The largest absolute Gasteiger partial charge is 0.505 e. The van der Waals surface area contributed by atoms with Gasteiger partial charge in [0.15, 0.2) is 5.69 Å². The molecule has 0 unspecified atom stereocenters. The molecule has 1 heterocycles. The number of hydrogen-bond acceptors (Lipinski definition) is 5. The smallest absolute Gasteiger partial charge is 0.292 e. The zero-order valence-electron chi connectivity index (χ0n) is 10.7. The van der Waals surface area contributed by atoms with Crippen LogP contribution in [-0.4, -0.2) is 32.0 Å². The van der Waals surface area contributed by atoms with E-state index in [-0.39, 0.29) is 21.5 Å². The van der Waals surface area contributed by atoms with Gasteiger partial charge in [0, 0.05) is 17.5 Å². The number of amides is 1. The molecule has 0 aromatic carbocycles. The van der Waals surface area contributed by atoms with Gasteiger partial charge in [0.25, 0.3) is 5.91 Å². The maximum absolute atomic E-state index is 12.0. The van der Waals surface area contributed by atoms with Gasteiger partial charge in [-0.1, -0.05) is 0 Å². The van der Waals surface area contributed by atoms with Crippen molar-refractivity contribution in [2.24, 2.45) is 5.84 Å². The van der Waals surface area contributed by atoms with E-state index in [0.717, 1.165) is 5.01 Å². The number of aromatic nitrogens is 2. The maximum Gasteiger partial charge on any atom is 0.292 e. The van der Waals surface area contributed by atoms with Crippen LogP contribution in [0.1, 0.15) is 16.2 Å². The summed E-state index contributed by atoms with van der Waals surface area (Å²) in [5.74, 6) is 4.37. The van der Waals surface area contributed by atoms with Crippen molar-refractivity contribution in [2.45, 2.75) is 6.92 Å². The first-order valence-corrected chi connectivity index (χ1v) is 7.23. The fourth-order valence-corrected chi connectivity index (χ4v) is 2.73. The third-order valence-corrected chi connectivity index (χ3v) is 3.96. The van der Waals surface area contributed by atoms with E-state index in [9.17, 15) is 14.7 Å². The molecule has 0 saturated heterocycles. The highest BCUT2D eigenvalue weighted by Gasteiger charge is 2.24. The first kappa shape index (κ1) is 15.7. The molecule has 0 bridgehead atoms. The SMILES string of the molecule is Cc1cc(C(=O)N(N)C=C2C=C(Br)C(O)=C(Br)C2=O)n[nH]1. The third kappa shape index (κ3) is 3.14. The summed E-state index contributed by atoms with van der Waals surface area (Å²) in [4.78, 5) is 24.0. The number of aryl methyl sites for hydroxylation is 1. The number of carbonyl (C=O) groups excluding carboxylic acids is 2. The van der Waals surface area contributed by atoms with Crippen LogP contribution in [0.5, 0.6) is 0 Å². The number of aromatic amines is 1. The number of hydrazine groups is 1. The Bertz CT molecular complexity index is 718. The molecular weight excluding hydrogens is 408 g/mol. The number of ketones is 1. The zero-order valence-corrected chi connectivity index (χ0v) is 13.9. The number of nitrogens with one attached hydrogen (secondary N) is 1. The van der Waals surface area contributed by atoms with Crippen molar-refractivity contribution in [1.29, 1.82) is 0 Å². The van der Waals surface area contributed by atoms with Crippen LogP contribution < -0.4 is 5.84 Å². The molecule has 2 rings (SSSR count). The van der Waals surface area contributed by atoms with Crippen molar-refractivity contribution in [2.75, 3.05) is 0 Å². The van der Waals surface area contributed by atoms with Gasteiger partial charge in [-0.3, -0.25) is 14.7 Å².